The van der Waals surface area contributed by atoms with E-state index in [1.807, 2.05) is 13.0 Å². The summed E-state index contributed by atoms with van der Waals surface area (Å²) in [7, 11) is 2.21. The molecule has 2 aromatic rings. The molecule has 0 bridgehead atoms. The number of aryl methyl sites for hydroxylation is 1. The van der Waals surface area contributed by atoms with E-state index in [1.54, 1.807) is 0 Å². The van der Waals surface area contributed by atoms with Gasteiger partial charge in [0.1, 0.15) is 5.82 Å². The van der Waals surface area contributed by atoms with Crippen LogP contribution in [0.15, 0.2) is 18.2 Å². The first-order valence-electron chi connectivity index (χ1n) is 9.44. The van der Waals surface area contributed by atoms with Crippen LogP contribution in [0.3, 0.4) is 0 Å². The van der Waals surface area contributed by atoms with Gasteiger partial charge in [0, 0.05) is 23.0 Å². The minimum atomic E-state index is 0.576. The van der Waals surface area contributed by atoms with Gasteiger partial charge in [-0.15, -0.1) is 0 Å². The van der Waals surface area contributed by atoms with Crippen LogP contribution in [0.5, 0.6) is 0 Å². The number of fused-ring (bicyclic) bond motifs is 1. The Morgan fingerprint density at radius 1 is 1.20 bits per heavy atom. The average Bonchev–Trinajstić information content (AvgIpc) is 2.80. The van der Waals surface area contributed by atoms with Crippen molar-refractivity contribution in [2.24, 2.45) is 0 Å². The number of likely N-dealkylation sites (tertiary alicyclic amines) is 1. The lowest BCUT2D eigenvalue weighted by molar-refractivity contribution is 0.252. The molecule has 0 amide bonds. The molecule has 0 radical (unpaired) electrons. The molecule has 1 saturated heterocycles. The second-order valence-corrected chi connectivity index (χ2v) is 7.93. The van der Waals surface area contributed by atoms with Gasteiger partial charge in [-0.2, -0.15) is 5.10 Å². The van der Waals surface area contributed by atoms with Gasteiger partial charge in [0.15, 0.2) is 0 Å². The molecule has 1 N–H and O–H groups in total. The van der Waals surface area contributed by atoms with E-state index >= 15 is 0 Å². The molecule has 0 saturated carbocycles. The highest BCUT2D eigenvalue weighted by atomic mass is 35.5. The maximum Gasteiger partial charge on any atom is 0.133 e. The summed E-state index contributed by atoms with van der Waals surface area (Å²) < 4.78 is 2.10. The van der Waals surface area contributed by atoms with Crippen LogP contribution in [0, 0.1) is 6.92 Å². The molecule has 0 unspecified atom stereocenters. The van der Waals surface area contributed by atoms with Gasteiger partial charge in [-0.3, -0.25) is 0 Å². The number of aromatic nitrogens is 2. The largest absolute Gasteiger partial charge is 0.370 e. The van der Waals surface area contributed by atoms with Gasteiger partial charge in [-0.25, -0.2) is 4.68 Å². The fourth-order valence-corrected chi connectivity index (χ4v) is 4.21. The summed E-state index contributed by atoms with van der Waals surface area (Å²) in [5.41, 5.74) is 4.91. The molecule has 2 aliphatic heterocycles. The van der Waals surface area contributed by atoms with E-state index in [0.29, 0.717) is 5.92 Å². The molecule has 0 aliphatic carbocycles. The number of halogens is 1. The molecule has 3 heterocycles. The SMILES string of the molecule is Cc1ccc(-n2nc(C3CCN(C)CC3)c3c2NCCCC3)cc1Cl. The number of benzene rings is 1. The Hall–Kier alpha value is -1.52. The summed E-state index contributed by atoms with van der Waals surface area (Å²) in [6, 6.07) is 6.24. The lowest BCUT2D eigenvalue weighted by atomic mass is 9.90. The van der Waals surface area contributed by atoms with Gasteiger partial charge in [-0.1, -0.05) is 17.7 Å². The van der Waals surface area contributed by atoms with Crippen LogP contribution < -0.4 is 5.32 Å². The second kappa shape index (κ2) is 7.00. The Morgan fingerprint density at radius 2 is 2.00 bits per heavy atom. The summed E-state index contributed by atoms with van der Waals surface area (Å²) in [5, 5.41) is 9.54. The van der Waals surface area contributed by atoms with Crippen LogP contribution in [0.1, 0.15) is 48.4 Å². The predicted octanol–water partition coefficient (Wildman–Crippen LogP) is 4.39. The highest BCUT2D eigenvalue weighted by Crippen LogP contribution is 2.36. The van der Waals surface area contributed by atoms with Crippen molar-refractivity contribution >= 4 is 17.4 Å². The monoisotopic (exact) mass is 358 g/mol. The van der Waals surface area contributed by atoms with E-state index in [-0.39, 0.29) is 0 Å². The molecule has 5 heteroatoms. The van der Waals surface area contributed by atoms with Crippen LogP contribution in [-0.2, 0) is 6.42 Å². The number of anilines is 1. The fourth-order valence-electron chi connectivity index (χ4n) is 4.04. The third-order valence-electron chi connectivity index (χ3n) is 5.67. The maximum absolute atomic E-state index is 6.38. The Morgan fingerprint density at radius 3 is 2.76 bits per heavy atom. The number of nitrogens with zero attached hydrogens (tertiary/aromatic N) is 3. The van der Waals surface area contributed by atoms with Crippen LogP contribution in [-0.4, -0.2) is 41.4 Å². The van der Waals surface area contributed by atoms with E-state index in [0.717, 1.165) is 42.3 Å². The maximum atomic E-state index is 6.38. The van der Waals surface area contributed by atoms with Crippen molar-refractivity contribution in [3.05, 3.63) is 40.0 Å². The van der Waals surface area contributed by atoms with E-state index in [9.17, 15) is 0 Å². The Labute approximate surface area is 155 Å². The zero-order chi connectivity index (χ0) is 17.4. The van der Waals surface area contributed by atoms with Crippen LogP contribution >= 0.6 is 11.6 Å². The van der Waals surface area contributed by atoms with Crippen LogP contribution in [0.25, 0.3) is 5.69 Å². The highest BCUT2D eigenvalue weighted by molar-refractivity contribution is 6.31. The molecule has 25 heavy (non-hydrogen) atoms. The normalized spacial score (nSPS) is 19.3. The summed E-state index contributed by atoms with van der Waals surface area (Å²) in [6.07, 6.45) is 5.99. The summed E-state index contributed by atoms with van der Waals surface area (Å²) in [4.78, 5) is 2.42. The molecular formula is C20H27ClN4. The molecule has 1 fully saturated rings. The smallest absolute Gasteiger partial charge is 0.133 e. The van der Waals surface area contributed by atoms with Crippen LogP contribution in [0.2, 0.25) is 5.02 Å². The average molecular weight is 359 g/mol. The van der Waals surface area contributed by atoms with Gasteiger partial charge in [0.05, 0.1) is 11.4 Å². The molecular weight excluding hydrogens is 332 g/mol. The van der Waals surface area contributed by atoms with Crippen LogP contribution in [0.4, 0.5) is 5.82 Å². The summed E-state index contributed by atoms with van der Waals surface area (Å²) in [5.74, 6) is 1.76. The van der Waals surface area contributed by atoms with E-state index in [2.05, 4.69) is 34.1 Å². The molecule has 4 rings (SSSR count). The lowest BCUT2D eigenvalue weighted by Crippen LogP contribution is -2.29. The van der Waals surface area contributed by atoms with Gasteiger partial charge >= 0.3 is 0 Å². The highest BCUT2D eigenvalue weighted by Gasteiger charge is 2.28. The Kier molecular flexibility index (Phi) is 4.74. The number of hydrogen-bond acceptors (Lipinski definition) is 3. The minimum Gasteiger partial charge on any atom is -0.370 e. The van der Waals surface area contributed by atoms with Crippen molar-refractivity contribution in [1.82, 2.24) is 14.7 Å². The number of hydrogen-bond donors (Lipinski definition) is 1. The summed E-state index contributed by atoms with van der Waals surface area (Å²) in [6.45, 7) is 5.38. The first-order valence-corrected chi connectivity index (χ1v) is 9.82. The van der Waals surface area contributed by atoms with Gasteiger partial charge in [0.25, 0.3) is 0 Å². The fraction of sp³-hybridized carbons (Fsp3) is 0.550. The second-order valence-electron chi connectivity index (χ2n) is 7.52. The van der Waals surface area contributed by atoms with Crippen molar-refractivity contribution in [3.8, 4) is 5.69 Å². The Balaban J connectivity index is 1.77. The zero-order valence-electron chi connectivity index (χ0n) is 15.2. The van der Waals surface area contributed by atoms with Gasteiger partial charge in [-0.05, 0) is 76.9 Å². The quantitative estimate of drug-likeness (QED) is 0.864. The van der Waals surface area contributed by atoms with Gasteiger partial charge in [0.2, 0.25) is 0 Å². The third-order valence-corrected chi connectivity index (χ3v) is 6.07. The molecule has 0 spiro atoms. The number of rotatable bonds is 2. The van der Waals surface area contributed by atoms with Crippen molar-refractivity contribution in [2.75, 3.05) is 32.0 Å². The number of piperidine rings is 1. The van der Waals surface area contributed by atoms with Crippen molar-refractivity contribution in [1.29, 1.82) is 0 Å². The summed E-state index contributed by atoms with van der Waals surface area (Å²) >= 11 is 6.38. The topological polar surface area (TPSA) is 33.1 Å². The molecule has 4 nitrogen and oxygen atoms in total. The minimum absolute atomic E-state index is 0.576. The standard InChI is InChI=1S/C20H27ClN4/c1-14-6-7-16(13-18(14)21)25-20-17(5-3-4-10-22-20)19(23-25)15-8-11-24(2)12-9-15/h6-7,13,15,22H,3-5,8-12H2,1-2H3. The number of nitrogens with one attached hydrogen (secondary N) is 1. The Bertz CT molecular complexity index is 759. The molecule has 2 aliphatic rings. The van der Waals surface area contributed by atoms with Gasteiger partial charge < -0.3 is 10.2 Å². The van der Waals surface area contributed by atoms with Crippen molar-refractivity contribution in [3.63, 3.8) is 0 Å². The predicted molar refractivity (Wildman–Crippen MR) is 104 cm³/mol. The zero-order valence-corrected chi connectivity index (χ0v) is 15.9. The van der Waals surface area contributed by atoms with E-state index < -0.39 is 0 Å². The molecule has 0 atom stereocenters. The first kappa shape index (κ1) is 16.9. The molecule has 134 valence electrons. The molecule has 1 aromatic carbocycles. The van der Waals surface area contributed by atoms with Crippen molar-refractivity contribution in [2.45, 2.75) is 44.9 Å². The first-order chi connectivity index (χ1) is 12.1. The van der Waals surface area contributed by atoms with E-state index in [1.165, 1.54) is 42.8 Å². The molecule has 1 aromatic heterocycles. The van der Waals surface area contributed by atoms with E-state index in [4.69, 9.17) is 16.7 Å². The van der Waals surface area contributed by atoms with Crippen molar-refractivity contribution < 1.29 is 0 Å². The third kappa shape index (κ3) is 3.30. The lowest BCUT2D eigenvalue weighted by Gasteiger charge is -2.28.